The number of nitrogens with zero attached hydrogens (tertiary/aromatic N) is 1. The van der Waals surface area contributed by atoms with Crippen LogP contribution < -0.4 is 10.6 Å². The number of amides is 1. The Morgan fingerprint density at radius 2 is 2.31 bits per heavy atom. The summed E-state index contributed by atoms with van der Waals surface area (Å²) in [6, 6.07) is 3.33. The lowest BCUT2D eigenvalue weighted by Crippen LogP contribution is -2.36. The maximum absolute atomic E-state index is 11.8. The number of halogens is 1. The molecule has 0 saturated carbocycles. The minimum Gasteiger partial charge on any atom is -0.322 e. The van der Waals surface area contributed by atoms with E-state index in [9.17, 15) is 4.79 Å². The van der Waals surface area contributed by atoms with Gasteiger partial charge in [-0.15, -0.1) is 0 Å². The molecule has 4 nitrogen and oxygen atoms in total. The molecule has 1 amide bonds. The summed E-state index contributed by atoms with van der Waals surface area (Å²) in [5.41, 5.74) is 2.58. The number of pyridine rings is 1. The maximum Gasteiger partial charge on any atom is 0.251 e. The molecule has 0 spiro atoms. The van der Waals surface area contributed by atoms with Gasteiger partial charge in [-0.1, -0.05) is 11.6 Å². The molecule has 0 unspecified atom stereocenters. The van der Waals surface area contributed by atoms with E-state index in [2.05, 4.69) is 15.6 Å². The summed E-state index contributed by atoms with van der Waals surface area (Å²) in [4.78, 5) is 15.6. The van der Waals surface area contributed by atoms with Crippen LogP contribution in [0.25, 0.3) is 0 Å². The quantitative estimate of drug-likeness (QED) is 0.607. The zero-order valence-electron chi connectivity index (χ0n) is 8.88. The van der Waals surface area contributed by atoms with E-state index < -0.39 is 0 Å². The average molecular weight is 238 g/mol. The predicted octanol–water partition coefficient (Wildman–Crippen LogP) is 1.59. The van der Waals surface area contributed by atoms with E-state index in [0.29, 0.717) is 10.8 Å². The summed E-state index contributed by atoms with van der Waals surface area (Å²) in [7, 11) is 0. The monoisotopic (exact) mass is 237 g/mol. The molecule has 2 rings (SSSR count). The first-order valence-electron chi connectivity index (χ1n) is 4.99. The minimum atomic E-state index is -0.0845. The second-order valence-corrected chi connectivity index (χ2v) is 4.04. The molecule has 1 saturated heterocycles. The van der Waals surface area contributed by atoms with Gasteiger partial charge in [0.1, 0.15) is 5.15 Å². The first-order chi connectivity index (χ1) is 7.66. The van der Waals surface area contributed by atoms with E-state index in [1.807, 2.05) is 6.92 Å². The van der Waals surface area contributed by atoms with Crippen LogP contribution in [0.15, 0.2) is 29.5 Å². The van der Waals surface area contributed by atoms with Crippen molar-refractivity contribution in [2.45, 2.75) is 6.92 Å². The molecule has 2 N–H and O–H groups in total. The van der Waals surface area contributed by atoms with Crippen LogP contribution in [0.5, 0.6) is 0 Å². The Kier molecular flexibility index (Phi) is 3.22. The Labute approximate surface area is 98.7 Å². The molecule has 1 fully saturated rings. The van der Waals surface area contributed by atoms with Crippen LogP contribution in [0.4, 0.5) is 5.69 Å². The molecule has 0 aromatic carbocycles. The number of rotatable bonds is 2. The minimum absolute atomic E-state index is 0.0845. The van der Waals surface area contributed by atoms with Crippen molar-refractivity contribution in [1.82, 2.24) is 10.3 Å². The molecular weight excluding hydrogens is 226 g/mol. The van der Waals surface area contributed by atoms with Gasteiger partial charge in [-0.3, -0.25) is 4.79 Å². The van der Waals surface area contributed by atoms with Crippen LogP contribution in [0, 0.1) is 0 Å². The largest absolute Gasteiger partial charge is 0.322 e. The Bertz CT molecular complexity index is 450. The van der Waals surface area contributed by atoms with E-state index in [4.69, 9.17) is 11.6 Å². The van der Waals surface area contributed by atoms with E-state index >= 15 is 0 Å². The Morgan fingerprint density at radius 1 is 1.56 bits per heavy atom. The lowest BCUT2D eigenvalue weighted by Gasteiger charge is -2.21. The lowest BCUT2D eigenvalue weighted by molar-refractivity contribution is -0.112. The lowest BCUT2D eigenvalue weighted by atomic mass is 10.0. The van der Waals surface area contributed by atoms with Gasteiger partial charge >= 0.3 is 0 Å². The molecule has 1 aromatic rings. The van der Waals surface area contributed by atoms with E-state index in [0.717, 1.165) is 24.2 Å². The van der Waals surface area contributed by atoms with Crippen molar-refractivity contribution in [1.29, 1.82) is 0 Å². The highest BCUT2D eigenvalue weighted by molar-refractivity contribution is 6.29. The van der Waals surface area contributed by atoms with Gasteiger partial charge < -0.3 is 10.6 Å². The molecule has 1 aliphatic heterocycles. The molecule has 16 heavy (non-hydrogen) atoms. The number of carbonyl (C=O) groups is 1. The number of aromatic nitrogens is 1. The SMILES string of the molecule is CC(C(=O)Nc1ccnc(Cl)c1)=C1CNC1. The molecule has 5 heteroatoms. The molecule has 1 aliphatic rings. The molecule has 1 aromatic heterocycles. The van der Waals surface area contributed by atoms with Gasteiger partial charge in [0.25, 0.3) is 5.91 Å². The van der Waals surface area contributed by atoms with E-state index in [1.165, 1.54) is 0 Å². The average Bonchev–Trinajstić information content (AvgIpc) is 2.14. The van der Waals surface area contributed by atoms with Crippen LogP contribution in [0.3, 0.4) is 0 Å². The highest BCUT2D eigenvalue weighted by Gasteiger charge is 2.15. The topological polar surface area (TPSA) is 54.0 Å². The fraction of sp³-hybridized carbons (Fsp3) is 0.273. The van der Waals surface area contributed by atoms with Crippen LogP contribution in [-0.4, -0.2) is 24.0 Å². The van der Waals surface area contributed by atoms with Crippen molar-refractivity contribution < 1.29 is 4.79 Å². The van der Waals surface area contributed by atoms with Crippen molar-refractivity contribution in [3.8, 4) is 0 Å². The Balaban J connectivity index is 2.07. The molecule has 84 valence electrons. The van der Waals surface area contributed by atoms with Gasteiger partial charge in [-0.2, -0.15) is 0 Å². The van der Waals surface area contributed by atoms with E-state index in [1.54, 1.807) is 18.3 Å². The van der Waals surface area contributed by atoms with Crippen LogP contribution in [0.1, 0.15) is 6.92 Å². The summed E-state index contributed by atoms with van der Waals surface area (Å²) in [5.74, 6) is -0.0845. The van der Waals surface area contributed by atoms with Crippen molar-refractivity contribution in [3.63, 3.8) is 0 Å². The van der Waals surface area contributed by atoms with Gasteiger partial charge in [0.15, 0.2) is 0 Å². The zero-order chi connectivity index (χ0) is 11.5. The zero-order valence-corrected chi connectivity index (χ0v) is 9.64. The van der Waals surface area contributed by atoms with Crippen LogP contribution in [0.2, 0.25) is 5.15 Å². The van der Waals surface area contributed by atoms with Crippen LogP contribution >= 0.6 is 11.6 Å². The Morgan fingerprint density at radius 3 is 2.88 bits per heavy atom. The molecule has 0 aliphatic carbocycles. The van der Waals surface area contributed by atoms with Gasteiger partial charge in [-0.25, -0.2) is 4.98 Å². The first kappa shape index (κ1) is 11.1. The summed E-state index contributed by atoms with van der Waals surface area (Å²) in [6.45, 7) is 3.43. The summed E-state index contributed by atoms with van der Waals surface area (Å²) in [5, 5.41) is 6.25. The molecular formula is C11H12ClN3O. The third kappa shape index (κ3) is 2.40. The Hall–Kier alpha value is -1.39. The van der Waals surface area contributed by atoms with Crippen molar-refractivity contribution >= 4 is 23.2 Å². The summed E-state index contributed by atoms with van der Waals surface area (Å²) >= 11 is 5.72. The van der Waals surface area contributed by atoms with Crippen LogP contribution in [-0.2, 0) is 4.79 Å². The smallest absolute Gasteiger partial charge is 0.251 e. The number of hydrogen-bond acceptors (Lipinski definition) is 3. The van der Waals surface area contributed by atoms with Crippen molar-refractivity contribution in [2.24, 2.45) is 0 Å². The van der Waals surface area contributed by atoms with Gasteiger partial charge in [0, 0.05) is 30.5 Å². The molecule has 2 heterocycles. The van der Waals surface area contributed by atoms with Gasteiger partial charge in [0.05, 0.1) is 0 Å². The fourth-order valence-corrected chi connectivity index (χ4v) is 1.55. The summed E-state index contributed by atoms with van der Waals surface area (Å²) < 4.78 is 0. The highest BCUT2D eigenvalue weighted by atomic mass is 35.5. The number of nitrogens with one attached hydrogen (secondary N) is 2. The second-order valence-electron chi connectivity index (χ2n) is 3.65. The second kappa shape index (κ2) is 4.63. The number of anilines is 1. The standard InChI is InChI=1S/C11H12ClN3O/c1-7(8-5-13-6-8)11(16)15-9-2-3-14-10(12)4-9/h2-4,13H,5-6H2,1H3,(H,14,15,16). The van der Waals surface area contributed by atoms with Gasteiger partial charge in [0.2, 0.25) is 0 Å². The molecule has 0 bridgehead atoms. The summed E-state index contributed by atoms with van der Waals surface area (Å²) in [6.07, 6.45) is 1.56. The predicted molar refractivity (Wildman–Crippen MR) is 63.4 cm³/mol. The molecule has 0 radical (unpaired) electrons. The number of hydrogen-bond donors (Lipinski definition) is 2. The molecule has 0 atom stereocenters. The first-order valence-corrected chi connectivity index (χ1v) is 5.37. The number of carbonyl (C=O) groups excluding carboxylic acids is 1. The third-order valence-electron chi connectivity index (χ3n) is 2.53. The van der Waals surface area contributed by atoms with Gasteiger partial charge in [-0.05, 0) is 24.6 Å². The maximum atomic E-state index is 11.8. The highest BCUT2D eigenvalue weighted by Crippen LogP contribution is 2.15. The van der Waals surface area contributed by atoms with Crippen molar-refractivity contribution in [3.05, 3.63) is 34.6 Å². The third-order valence-corrected chi connectivity index (χ3v) is 2.74. The van der Waals surface area contributed by atoms with E-state index in [-0.39, 0.29) is 5.91 Å². The van der Waals surface area contributed by atoms with Crippen molar-refractivity contribution in [2.75, 3.05) is 18.4 Å². The fourth-order valence-electron chi connectivity index (χ4n) is 1.38. The normalized spacial score (nSPS) is 14.2.